The van der Waals surface area contributed by atoms with Gasteiger partial charge in [0.1, 0.15) is 17.1 Å². The van der Waals surface area contributed by atoms with Gasteiger partial charge in [-0.15, -0.1) is 0 Å². The Balaban J connectivity index is 1.58. The third kappa shape index (κ3) is 4.00. The van der Waals surface area contributed by atoms with E-state index in [1.807, 2.05) is 6.07 Å². The van der Waals surface area contributed by atoms with Gasteiger partial charge in [0.2, 0.25) is 5.82 Å². The van der Waals surface area contributed by atoms with Crippen LogP contribution in [-0.2, 0) is 13.0 Å². The van der Waals surface area contributed by atoms with Gasteiger partial charge >= 0.3 is 5.97 Å². The normalized spacial score (nSPS) is 24.5. The molecule has 2 N–H and O–H groups in total. The first-order valence-electron chi connectivity index (χ1n) is 13.3. The summed E-state index contributed by atoms with van der Waals surface area (Å²) in [6.45, 7) is 5.39. The summed E-state index contributed by atoms with van der Waals surface area (Å²) in [4.78, 5) is 25.8. The van der Waals surface area contributed by atoms with Crippen molar-refractivity contribution in [3.8, 4) is 17.1 Å². The van der Waals surface area contributed by atoms with Crippen LogP contribution in [0.3, 0.4) is 0 Å². The van der Waals surface area contributed by atoms with Gasteiger partial charge in [-0.25, -0.2) is 19.7 Å². The Labute approximate surface area is 211 Å². The van der Waals surface area contributed by atoms with Gasteiger partial charge in [-0.1, -0.05) is 19.4 Å². The number of carboxylic acids is 1. The van der Waals surface area contributed by atoms with E-state index in [4.69, 9.17) is 9.72 Å². The van der Waals surface area contributed by atoms with Gasteiger partial charge in [0.25, 0.3) is 0 Å². The number of rotatable bonds is 5. The number of fused-ring (bicyclic) bond motifs is 3. The molecule has 1 aromatic carbocycles. The number of nitrogens with zero attached hydrogens (tertiary/aromatic N) is 4. The number of hydrogen-bond acceptors (Lipinski definition) is 6. The maximum absolute atomic E-state index is 11.9. The molecule has 2 aliphatic carbocycles. The molecule has 4 aliphatic rings. The van der Waals surface area contributed by atoms with Gasteiger partial charge in [-0.05, 0) is 86.8 Å². The summed E-state index contributed by atoms with van der Waals surface area (Å²) in [7, 11) is 1.68. The van der Waals surface area contributed by atoms with Crippen LogP contribution >= 0.6 is 0 Å². The molecule has 4 bridgehead atoms. The summed E-state index contributed by atoms with van der Waals surface area (Å²) in [5, 5.41) is 13.3. The van der Waals surface area contributed by atoms with E-state index in [9.17, 15) is 9.90 Å². The highest BCUT2D eigenvalue weighted by Gasteiger charge is 2.34. The summed E-state index contributed by atoms with van der Waals surface area (Å²) >= 11 is 0. The molecule has 1 atom stereocenters. The van der Waals surface area contributed by atoms with Crippen LogP contribution in [0.2, 0.25) is 0 Å². The second kappa shape index (κ2) is 8.75. The molecule has 2 fully saturated rings. The molecule has 2 aromatic heterocycles. The standard InChI is InChI=1S/C28H35N5O3/c1-16(19-5-4-6-19)29-23-22-24(31-25(30-23)27(34)35)32-26-20-13-18(7-8-21(20)36-3)14-28(2)11-9-17(10-12-28)15-33(22)26/h7-8,13,16-17,19H,4-6,9-12,14-15H2,1-3H3,(H,34,35)(H,29,30,31)/t16-,17?,28?/m1/s1. The molecule has 7 rings (SSSR count). The molecule has 36 heavy (non-hydrogen) atoms. The number of carbonyl (C=O) groups is 1. The number of carboxylic acid groups (broad SMARTS) is 1. The smallest absolute Gasteiger partial charge is 0.374 e. The van der Waals surface area contributed by atoms with Crippen molar-refractivity contribution in [3.05, 3.63) is 29.6 Å². The van der Waals surface area contributed by atoms with Crippen LogP contribution < -0.4 is 10.1 Å². The van der Waals surface area contributed by atoms with Crippen LogP contribution in [0.15, 0.2) is 18.2 Å². The molecule has 0 unspecified atom stereocenters. The van der Waals surface area contributed by atoms with E-state index in [0.717, 1.165) is 48.5 Å². The first kappa shape index (κ1) is 23.3. The fourth-order valence-corrected chi connectivity index (χ4v) is 6.41. The number of aromatic nitrogens is 4. The zero-order valence-corrected chi connectivity index (χ0v) is 21.4. The summed E-state index contributed by atoms with van der Waals surface area (Å²) in [6.07, 6.45) is 9.37. The number of aromatic carboxylic acids is 1. The third-order valence-electron chi connectivity index (χ3n) is 8.90. The van der Waals surface area contributed by atoms with Crippen molar-refractivity contribution < 1.29 is 14.6 Å². The van der Waals surface area contributed by atoms with Crippen molar-refractivity contribution >= 4 is 23.0 Å². The van der Waals surface area contributed by atoms with Crippen molar-refractivity contribution in [2.45, 2.75) is 77.8 Å². The molecule has 3 aromatic rings. The highest BCUT2D eigenvalue weighted by molar-refractivity contribution is 5.92. The maximum Gasteiger partial charge on any atom is 0.374 e. The van der Waals surface area contributed by atoms with E-state index in [0.29, 0.717) is 28.7 Å². The quantitative estimate of drug-likeness (QED) is 0.484. The minimum Gasteiger partial charge on any atom is -0.496 e. The van der Waals surface area contributed by atoms with Gasteiger partial charge in [-0.3, -0.25) is 0 Å². The lowest BCUT2D eigenvalue weighted by molar-refractivity contribution is 0.0684. The van der Waals surface area contributed by atoms with Crippen molar-refractivity contribution in [2.24, 2.45) is 17.3 Å². The lowest BCUT2D eigenvalue weighted by atomic mass is 9.69. The fourth-order valence-electron chi connectivity index (χ4n) is 6.41. The first-order chi connectivity index (χ1) is 17.3. The second-order valence-corrected chi connectivity index (χ2v) is 11.5. The van der Waals surface area contributed by atoms with Crippen LogP contribution in [0.5, 0.6) is 5.75 Å². The van der Waals surface area contributed by atoms with Crippen molar-refractivity contribution in [2.75, 3.05) is 12.4 Å². The molecule has 8 heteroatoms. The number of hydrogen-bond donors (Lipinski definition) is 2. The van der Waals surface area contributed by atoms with Crippen LogP contribution in [0, 0.1) is 17.3 Å². The first-order valence-corrected chi connectivity index (χ1v) is 13.3. The predicted molar refractivity (Wildman–Crippen MR) is 138 cm³/mol. The number of benzene rings is 1. The zero-order valence-electron chi connectivity index (χ0n) is 21.4. The van der Waals surface area contributed by atoms with Gasteiger partial charge in [-0.2, -0.15) is 0 Å². The van der Waals surface area contributed by atoms with Crippen LogP contribution in [-0.4, -0.2) is 43.7 Å². The Morgan fingerprint density at radius 2 is 1.97 bits per heavy atom. The molecule has 0 radical (unpaired) electrons. The summed E-state index contributed by atoms with van der Waals surface area (Å²) in [5.74, 6) is 1.83. The van der Waals surface area contributed by atoms with Crippen LogP contribution in [0.25, 0.3) is 22.6 Å². The molecule has 2 saturated carbocycles. The van der Waals surface area contributed by atoms with Crippen molar-refractivity contribution in [1.29, 1.82) is 0 Å². The third-order valence-corrected chi connectivity index (χ3v) is 8.90. The number of anilines is 1. The average Bonchev–Trinajstić information content (AvgIpc) is 3.16. The number of ether oxygens (including phenoxy) is 1. The number of nitrogens with one attached hydrogen (secondary N) is 1. The number of methoxy groups -OCH3 is 1. The lowest BCUT2D eigenvalue weighted by Gasteiger charge is -2.37. The Bertz CT molecular complexity index is 1320. The second-order valence-electron chi connectivity index (χ2n) is 11.5. The van der Waals surface area contributed by atoms with Crippen LogP contribution in [0.4, 0.5) is 5.82 Å². The van der Waals surface area contributed by atoms with E-state index in [-0.39, 0.29) is 11.9 Å². The van der Waals surface area contributed by atoms with E-state index >= 15 is 0 Å². The lowest BCUT2D eigenvalue weighted by Crippen LogP contribution is -2.31. The highest BCUT2D eigenvalue weighted by atomic mass is 16.5. The molecule has 8 nitrogen and oxygen atoms in total. The molecule has 4 heterocycles. The fraction of sp³-hybridized carbons (Fsp3) is 0.571. The molecule has 0 amide bonds. The monoisotopic (exact) mass is 489 g/mol. The minimum absolute atomic E-state index is 0.195. The van der Waals surface area contributed by atoms with Crippen LogP contribution in [0.1, 0.15) is 75.0 Å². The summed E-state index contributed by atoms with van der Waals surface area (Å²) in [5.41, 5.74) is 3.72. The van der Waals surface area contributed by atoms with Gasteiger partial charge in [0.15, 0.2) is 11.5 Å². The van der Waals surface area contributed by atoms with Gasteiger partial charge in [0.05, 0.1) is 12.7 Å². The molecular weight excluding hydrogens is 454 g/mol. The maximum atomic E-state index is 11.9. The van der Waals surface area contributed by atoms with Crippen molar-refractivity contribution in [3.63, 3.8) is 0 Å². The Morgan fingerprint density at radius 1 is 1.19 bits per heavy atom. The van der Waals surface area contributed by atoms with E-state index < -0.39 is 5.97 Å². The SMILES string of the molecule is COc1ccc2cc1-c1nc3nc(C(=O)O)nc(N[C@H](C)C4CCC4)c3n1CC1CCC(C)(CC1)C2. The highest BCUT2D eigenvalue weighted by Crippen LogP contribution is 2.45. The predicted octanol–water partition coefficient (Wildman–Crippen LogP) is 5.55. The van der Waals surface area contributed by atoms with Gasteiger partial charge in [0, 0.05) is 12.6 Å². The molecule has 2 aliphatic heterocycles. The van der Waals surface area contributed by atoms with E-state index in [1.54, 1.807) is 7.11 Å². The Hall–Kier alpha value is -3.16. The topological polar surface area (TPSA) is 102 Å². The van der Waals surface area contributed by atoms with Gasteiger partial charge < -0.3 is 19.7 Å². The zero-order chi connectivity index (χ0) is 25.0. The minimum atomic E-state index is -1.15. The summed E-state index contributed by atoms with van der Waals surface area (Å²) in [6, 6.07) is 6.60. The Kier molecular flexibility index (Phi) is 5.65. The Morgan fingerprint density at radius 3 is 2.64 bits per heavy atom. The largest absolute Gasteiger partial charge is 0.496 e. The molecule has 0 spiro atoms. The molecular formula is C28H35N5O3. The molecule has 0 saturated heterocycles. The number of imidazole rings is 1. The van der Waals surface area contributed by atoms with E-state index in [2.05, 4.69) is 45.8 Å². The van der Waals surface area contributed by atoms with Crippen molar-refractivity contribution in [1.82, 2.24) is 19.5 Å². The van der Waals surface area contributed by atoms with E-state index in [1.165, 1.54) is 37.7 Å². The summed E-state index contributed by atoms with van der Waals surface area (Å²) < 4.78 is 8.02. The average molecular weight is 490 g/mol. The molecule has 190 valence electrons.